The summed E-state index contributed by atoms with van der Waals surface area (Å²) in [6.45, 7) is 0.762. The molecule has 0 bridgehead atoms. The normalized spacial score (nSPS) is 27.5. The van der Waals surface area contributed by atoms with Crippen molar-refractivity contribution in [3.8, 4) is 0 Å². The van der Waals surface area contributed by atoms with Crippen molar-refractivity contribution in [2.24, 2.45) is 5.92 Å². The van der Waals surface area contributed by atoms with Gasteiger partial charge in [0.25, 0.3) is 0 Å². The number of rotatable bonds is 4. The molecule has 14 heavy (non-hydrogen) atoms. The molecule has 1 aliphatic heterocycles. The second-order valence-corrected chi connectivity index (χ2v) is 3.19. The Labute approximate surface area is 80.9 Å². The maximum Gasteiger partial charge on any atom is 0.302 e. The number of nitrogens with one attached hydrogen (secondary N) is 1. The largest absolute Gasteiger partial charge is 0.465 e. The molecule has 1 heterocycles. The monoisotopic (exact) mass is 203 g/mol. The lowest BCUT2D eigenvalue weighted by Crippen LogP contribution is -2.65. The SMILES string of the molecule is CC(=O)OC[C@H]1C(=O)N[C@@H]1[C@H](O)CO. The molecule has 1 rings (SSSR count). The first-order valence-corrected chi connectivity index (χ1v) is 4.29. The third kappa shape index (κ3) is 2.21. The Balaban J connectivity index is 2.41. The molecule has 0 radical (unpaired) electrons. The Morgan fingerprint density at radius 1 is 1.71 bits per heavy atom. The van der Waals surface area contributed by atoms with Crippen LogP contribution in [0.5, 0.6) is 0 Å². The Morgan fingerprint density at radius 2 is 2.36 bits per heavy atom. The lowest BCUT2D eigenvalue weighted by atomic mass is 9.87. The predicted molar refractivity (Wildman–Crippen MR) is 45.1 cm³/mol. The summed E-state index contributed by atoms with van der Waals surface area (Å²) in [6.07, 6.45) is -1.01. The average Bonchev–Trinajstić information content (AvgIpc) is 2.12. The zero-order valence-electron chi connectivity index (χ0n) is 7.77. The van der Waals surface area contributed by atoms with Crippen molar-refractivity contribution in [2.75, 3.05) is 13.2 Å². The quantitative estimate of drug-likeness (QED) is 0.363. The highest BCUT2D eigenvalue weighted by Crippen LogP contribution is 2.18. The van der Waals surface area contributed by atoms with Crippen LogP contribution in [-0.4, -0.2) is 47.4 Å². The summed E-state index contributed by atoms with van der Waals surface area (Å²) >= 11 is 0. The third-order valence-electron chi connectivity index (χ3n) is 2.15. The highest BCUT2D eigenvalue weighted by Gasteiger charge is 2.43. The van der Waals surface area contributed by atoms with Gasteiger partial charge in [0.1, 0.15) is 6.61 Å². The van der Waals surface area contributed by atoms with Gasteiger partial charge in [-0.15, -0.1) is 0 Å². The molecule has 1 saturated heterocycles. The van der Waals surface area contributed by atoms with Crippen molar-refractivity contribution in [3.63, 3.8) is 0 Å². The number of esters is 1. The van der Waals surface area contributed by atoms with E-state index in [9.17, 15) is 14.7 Å². The highest BCUT2D eigenvalue weighted by molar-refractivity contribution is 5.86. The van der Waals surface area contributed by atoms with Gasteiger partial charge >= 0.3 is 5.97 Å². The fourth-order valence-electron chi connectivity index (χ4n) is 1.30. The molecule has 1 aliphatic rings. The van der Waals surface area contributed by atoms with E-state index in [4.69, 9.17) is 5.11 Å². The van der Waals surface area contributed by atoms with Gasteiger partial charge in [-0.3, -0.25) is 9.59 Å². The second-order valence-electron chi connectivity index (χ2n) is 3.19. The molecule has 0 aromatic carbocycles. The molecule has 80 valence electrons. The van der Waals surface area contributed by atoms with Gasteiger partial charge in [0, 0.05) is 6.92 Å². The zero-order valence-corrected chi connectivity index (χ0v) is 7.77. The van der Waals surface area contributed by atoms with Crippen LogP contribution in [0.3, 0.4) is 0 Å². The van der Waals surface area contributed by atoms with Gasteiger partial charge in [0.05, 0.1) is 24.7 Å². The van der Waals surface area contributed by atoms with E-state index in [2.05, 4.69) is 10.1 Å². The number of β-lactam (4-membered cyclic amide) rings is 1. The number of hydrogen-bond donors (Lipinski definition) is 3. The maximum absolute atomic E-state index is 11.0. The molecule has 0 spiro atoms. The van der Waals surface area contributed by atoms with Gasteiger partial charge < -0.3 is 20.3 Å². The number of carbonyl (C=O) groups excluding carboxylic acids is 2. The number of aliphatic hydroxyl groups is 2. The molecule has 1 amide bonds. The van der Waals surface area contributed by atoms with Crippen LogP contribution in [0, 0.1) is 5.92 Å². The van der Waals surface area contributed by atoms with E-state index in [1.807, 2.05) is 0 Å². The van der Waals surface area contributed by atoms with E-state index in [0.717, 1.165) is 0 Å². The fourth-order valence-corrected chi connectivity index (χ4v) is 1.30. The van der Waals surface area contributed by atoms with Gasteiger partial charge in [0.15, 0.2) is 0 Å². The molecule has 3 atom stereocenters. The molecular weight excluding hydrogens is 190 g/mol. The molecular formula is C8H13NO5. The molecule has 6 heteroatoms. The van der Waals surface area contributed by atoms with Gasteiger partial charge in [-0.1, -0.05) is 0 Å². The Hall–Kier alpha value is -1.14. The maximum atomic E-state index is 11.0. The van der Waals surface area contributed by atoms with Crippen LogP contribution in [0.4, 0.5) is 0 Å². The van der Waals surface area contributed by atoms with E-state index >= 15 is 0 Å². The topological polar surface area (TPSA) is 95.9 Å². The molecule has 6 nitrogen and oxygen atoms in total. The van der Waals surface area contributed by atoms with E-state index < -0.39 is 30.6 Å². The summed E-state index contributed by atoms with van der Waals surface area (Å²) in [5, 5.41) is 20.3. The number of aliphatic hydroxyl groups excluding tert-OH is 2. The Bertz CT molecular complexity index is 242. The molecule has 0 aromatic heterocycles. The number of hydrogen-bond acceptors (Lipinski definition) is 5. The fraction of sp³-hybridized carbons (Fsp3) is 0.750. The molecule has 3 N–H and O–H groups in total. The number of carbonyl (C=O) groups is 2. The van der Waals surface area contributed by atoms with Crippen molar-refractivity contribution < 1.29 is 24.5 Å². The molecule has 0 aliphatic carbocycles. The smallest absolute Gasteiger partial charge is 0.302 e. The van der Waals surface area contributed by atoms with Crippen molar-refractivity contribution >= 4 is 11.9 Å². The van der Waals surface area contributed by atoms with Gasteiger partial charge in [-0.05, 0) is 0 Å². The van der Waals surface area contributed by atoms with Crippen molar-refractivity contribution in [1.29, 1.82) is 0 Å². The van der Waals surface area contributed by atoms with Crippen molar-refractivity contribution in [2.45, 2.75) is 19.1 Å². The minimum atomic E-state index is -1.01. The third-order valence-corrected chi connectivity index (χ3v) is 2.15. The molecule has 0 unspecified atom stereocenters. The van der Waals surface area contributed by atoms with Crippen LogP contribution in [0.15, 0.2) is 0 Å². The molecule has 1 fully saturated rings. The Kier molecular flexibility index (Phi) is 3.43. The van der Waals surface area contributed by atoms with Crippen LogP contribution in [0.1, 0.15) is 6.92 Å². The van der Waals surface area contributed by atoms with Crippen LogP contribution in [0.25, 0.3) is 0 Å². The minimum Gasteiger partial charge on any atom is -0.465 e. The summed E-state index contributed by atoms with van der Waals surface area (Å²) in [6, 6.07) is -0.521. The van der Waals surface area contributed by atoms with E-state index in [1.54, 1.807) is 0 Å². The first-order valence-electron chi connectivity index (χ1n) is 4.29. The average molecular weight is 203 g/mol. The summed E-state index contributed by atoms with van der Waals surface area (Å²) in [5.74, 6) is -1.30. The number of ether oxygens (including phenoxy) is 1. The van der Waals surface area contributed by atoms with Crippen LogP contribution >= 0.6 is 0 Å². The zero-order chi connectivity index (χ0) is 10.7. The summed E-state index contributed by atoms with van der Waals surface area (Å²) < 4.78 is 4.65. The minimum absolute atomic E-state index is 0.0527. The lowest BCUT2D eigenvalue weighted by molar-refractivity contribution is -0.152. The van der Waals surface area contributed by atoms with Crippen LogP contribution < -0.4 is 5.32 Å². The first-order chi connectivity index (χ1) is 6.56. The second kappa shape index (κ2) is 4.39. The standard InChI is InChI=1S/C8H13NO5/c1-4(11)14-3-5-7(6(12)2-10)9-8(5)13/h5-7,10,12H,2-3H2,1H3,(H,9,13)/t5-,6-,7+/m1/s1. The van der Waals surface area contributed by atoms with E-state index in [0.29, 0.717) is 0 Å². The van der Waals surface area contributed by atoms with Crippen LogP contribution in [-0.2, 0) is 14.3 Å². The molecule has 0 saturated carbocycles. The highest BCUT2D eigenvalue weighted by atomic mass is 16.5. The summed E-state index contributed by atoms with van der Waals surface area (Å²) in [5.41, 5.74) is 0. The Morgan fingerprint density at radius 3 is 2.79 bits per heavy atom. The van der Waals surface area contributed by atoms with E-state index in [-0.39, 0.29) is 12.5 Å². The van der Waals surface area contributed by atoms with Gasteiger partial charge in [0.2, 0.25) is 5.91 Å². The van der Waals surface area contributed by atoms with Crippen molar-refractivity contribution in [1.82, 2.24) is 5.32 Å². The lowest BCUT2D eigenvalue weighted by Gasteiger charge is -2.38. The predicted octanol–water partition coefficient (Wildman–Crippen LogP) is -1.98. The molecule has 0 aromatic rings. The van der Waals surface area contributed by atoms with Gasteiger partial charge in [-0.2, -0.15) is 0 Å². The van der Waals surface area contributed by atoms with Crippen LogP contribution in [0.2, 0.25) is 0 Å². The number of amides is 1. The van der Waals surface area contributed by atoms with Crippen molar-refractivity contribution in [3.05, 3.63) is 0 Å². The van der Waals surface area contributed by atoms with E-state index in [1.165, 1.54) is 6.92 Å². The van der Waals surface area contributed by atoms with Gasteiger partial charge in [-0.25, -0.2) is 0 Å². The first kappa shape index (κ1) is 10.9. The summed E-state index contributed by atoms with van der Waals surface area (Å²) in [7, 11) is 0. The summed E-state index contributed by atoms with van der Waals surface area (Å²) in [4.78, 5) is 21.5.